The van der Waals surface area contributed by atoms with E-state index in [4.69, 9.17) is 0 Å². The first-order valence-corrected chi connectivity index (χ1v) is 8.56. The van der Waals surface area contributed by atoms with Gasteiger partial charge in [-0.25, -0.2) is 12.8 Å². The molecule has 1 N–H and O–H groups in total. The third-order valence-corrected chi connectivity index (χ3v) is 5.53. The molecule has 2 rings (SSSR count). The van der Waals surface area contributed by atoms with Gasteiger partial charge in [0.25, 0.3) is 0 Å². The van der Waals surface area contributed by atoms with Crippen LogP contribution in [0.15, 0.2) is 24.3 Å². The minimum atomic E-state index is -3.48. The van der Waals surface area contributed by atoms with Crippen LogP contribution in [0.1, 0.15) is 25.7 Å². The van der Waals surface area contributed by atoms with E-state index in [-0.39, 0.29) is 17.5 Å². The summed E-state index contributed by atoms with van der Waals surface area (Å²) in [6, 6.07) is 6.18. The third kappa shape index (κ3) is 3.70. The fourth-order valence-corrected chi connectivity index (χ4v) is 3.76. The van der Waals surface area contributed by atoms with Crippen molar-refractivity contribution in [2.24, 2.45) is 0 Å². The molecular formula is C14H21FN2O2S. The smallest absolute Gasteiger partial charge is 0.235 e. The minimum absolute atomic E-state index is 0.0372. The molecule has 1 aliphatic rings. The van der Waals surface area contributed by atoms with Gasteiger partial charge in [-0.05, 0) is 37.9 Å². The largest absolute Gasteiger partial charge is 0.314 e. The molecule has 1 heterocycles. The maximum Gasteiger partial charge on any atom is 0.235 e. The first-order valence-electron chi connectivity index (χ1n) is 6.95. The minimum Gasteiger partial charge on any atom is -0.314 e. The van der Waals surface area contributed by atoms with Crippen molar-refractivity contribution < 1.29 is 12.8 Å². The quantitative estimate of drug-likeness (QED) is 0.906. The molecule has 1 aromatic rings. The van der Waals surface area contributed by atoms with Gasteiger partial charge < -0.3 is 5.32 Å². The fourth-order valence-electron chi connectivity index (χ4n) is 2.46. The molecule has 6 heteroatoms. The van der Waals surface area contributed by atoms with Gasteiger partial charge in [-0.2, -0.15) is 0 Å². The molecule has 1 atom stereocenters. The van der Waals surface area contributed by atoms with Crippen LogP contribution in [-0.2, 0) is 10.0 Å². The van der Waals surface area contributed by atoms with Crippen molar-refractivity contribution >= 4 is 15.7 Å². The highest BCUT2D eigenvalue weighted by atomic mass is 32.2. The third-order valence-electron chi connectivity index (χ3n) is 3.75. The van der Waals surface area contributed by atoms with E-state index in [9.17, 15) is 12.8 Å². The second-order valence-corrected chi connectivity index (χ2v) is 7.29. The van der Waals surface area contributed by atoms with Crippen molar-refractivity contribution in [1.82, 2.24) is 5.32 Å². The number of anilines is 1. The van der Waals surface area contributed by atoms with E-state index in [2.05, 4.69) is 5.32 Å². The van der Waals surface area contributed by atoms with Gasteiger partial charge in [0.2, 0.25) is 10.0 Å². The van der Waals surface area contributed by atoms with E-state index in [1.165, 1.54) is 19.2 Å². The van der Waals surface area contributed by atoms with Crippen LogP contribution in [-0.4, -0.2) is 33.8 Å². The summed E-state index contributed by atoms with van der Waals surface area (Å²) in [5, 5.41) is 3.32. The summed E-state index contributed by atoms with van der Waals surface area (Å²) in [7, 11) is -2.08. The maximum absolute atomic E-state index is 13.6. The highest BCUT2D eigenvalue weighted by molar-refractivity contribution is 7.92. The van der Waals surface area contributed by atoms with Gasteiger partial charge in [0.1, 0.15) is 5.82 Å². The van der Waals surface area contributed by atoms with Crippen molar-refractivity contribution in [2.45, 2.75) is 31.7 Å². The first kappa shape index (κ1) is 15.3. The number of benzene rings is 1. The number of hydrogen-bond donors (Lipinski definition) is 1. The molecule has 20 heavy (non-hydrogen) atoms. The molecule has 4 nitrogen and oxygen atoms in total. The topological polar surface area (TPSA) is 49.4 Å². The summed E-state index contributed by atoms with van der Waals surface area (Å²) < 4.78 is 39.2. The van der Waals surface area contributed by atoms with Crippen LogP contribution in [0, 0.1) is 5.82 Å². The Hall–Kier alpha value is -1.14. The van der Waals surface area contributed by atoms with Gasteiger partial charge in [0.05, 0.1) is 11.4 Å². The number of nitrogens with zero attached hydrogens (tertiary/aromatic N) is 1. The lowest BCUT2D eigenvalue weighted by Gasteiger charge is -2.25. The summed E-state index contributed by atoms with van der Waals surface area (Å²) in [5.74, 6) is -0.482. The summed E-state index contributed by atoms with van der Waals surface area (Å²) >= 11 is 0. The van der Waals surface area contributed by atoms with E-state index in [1.54, 1.807) is 12.1 Å². The van der Waals surface area contributed by atoms with E-state index in [0.29, 0.717) is 6.42 Å². The van der Waals surface area contributed by atoms with E-state index >= 15 is 0 Å². The van der Waals surface area contributed by atoms with Crippen molar-refractivity contribution in [3.05, 3.63) is 30.1 Å². The number of hydrogen-bond acceptors (Lipinski definition) is 3. The second-order valence-electron chi connectivity index (χ2n) is 5.17. The molecule has 1 aromatic carbocycles. The molecule has 1 saturated heterocycles. The number of para-hydroxylation sites is 1. The predicted molar refractivity (Wildman–Crippen MR) is 78.8 cm³/mol. The van der Waals surface area contributed by atoms with Crippen molar-refractivity contribution in [3.63, 3.8) is 0 Å². The zero-order chi connectivity index (χ0) is 14.6. The number of sulfonamides is 1. The predicted octanol–water partition coefficient (Wildman–Crippen LogP) is 2.12. The molecule has 1 unspecified atom stereocenters. The molecular weight excluding hydrogens is 279 g/mol. The lowest BCUT2D eigenvalue weighted by molar-refractivity contribution is 0.392. The van der Waals surface area contributed by atoms with Gasteiger partial charge in [-0.3, -0.25) is 4.31 Å². The molecule has 1 fully saturated rings. The van der Waals surface area contributed by atoms with Gasteiger partial charge in [0, 0.05) is 13.1 Å². The van der Waals surface area contributed by atoms with Crippen LogP contribution in [0.2, 0.25) is 0 Å². The number of nitrogens with one attached hydrogen (secondary N) is 1. The Labute approximate surface area is 120 Å². The van der Waals surface area contributed by atoms with Crippen LogP contribution >= 0.6 is 0 Å². The average Bonchev–Trinajstić information content (AvgIpc) is 2.46. The van der Waals surface area contributed by atoms with Crippen molar-refractivity contribution in [2.75, 3.05) is 23.7 Å². The van der Waals surface area contributed by atoms with Crippen LogP contribution in [0.3, 0.4) is 0 Å². The highest BCUT2D eigenvalue weighted by Gasteiger charge is 2.23. The lowest BCUT2D eigenvalue weighted by atomic mass is 10.0. The fraction of sp³-hybridized carbons (Fsp3) is 0.571. The zero-order valence-corrected chi connectivity index (χ0v) is 12.5. The Kier molecular flexibility index (Phi) is 4.99. The molecule has 0 spiro atoms. The van der Waals surface area contributed by atoms with Crippen molar-refractivity contribution in [1.29, 1.82) is 0 Å². The summed E-state index contributed by atoms with van der Waals surface area (Å²) in [6.07, 6.45) is 3.87. The molecule has 0 aliphatic carbocycles. The number of piperidine rings is 1. The summed E-state index contributed by atoms with van der Waals surface area (Å²) in [4.78, 5) is 0. The van der Waals surface area contributed by atoms with E-state index < -0.39 is 15.8 Å². The SMILES string of the molecule is CN(c1ccccc1F)S(=O)(=O)CCC1CCCCN1. The summed E-state index contributed by atoms with van der Waals surface area (Å²) in [5.41, 5.74) is 0.101. The van der Waals surface area contributed by atoms with Gasteiger partial charge in [0.15, 0.2) is 0 Å². The number of halogens is 1. The summed E-state index contributed by atoms with van der Waals surface area (Å²) in [6.45, 7) is 0.952. The molecule has 0 bridgehead atoms. The van der Waals surface area contributed by atoms with Gasteiger partial charge in [-0.1, -0.05) is 18.6 Å². The first-order chi connectivity index (χ1) is 9.50. The molecule has 0 amide bonds. The van der Waals surface area contributed by atoms with Crippen LogP contribution in [0.5, 0.6) is 0 Å². The van der Waals surface area contributed by atoms with Crippen LogP contribution in [0.4, 0.5) is 10.1 Å². The Morgan fingerprint density at radius 2 is 2.10 bits per heavy atom. The van der Waals surface area contributed by atoms with E-state index in [1.807, 2.05) is 0 Å². The maximum atomic E-state index is 13.6. The standard InChI is InChI=1S/C14H21FN2O2S/c1-17(14-8-3-2-7-13(14)15)20(18,19)11-9-12-6-4-5-10-16-12/h2-3,7-8,12,16H,4-6,9-11H2,1H3. The normalized spacial score (nSPS) is 19.8. The lowest BCUT2D eigenvalue weighted by Crippen LogP contribution is -2.37. The van der Waals surface area contributed by atoms with Gasteiger partial charge >= 0.3 is 0 Å². The molecule has 1 aliphatic heterocycles. The zero-order valence-electron chi connectivity index (χ0n) is 11.7. The van der Waals surface area contributed by atoms with Crippen LogP contribution < -0.4 is 9.62 Å². The van der Waals surface area contributed by atoms with E-state index in [0.717, 1.165) is 30.1 Å². The van der Waals surface area contributed by atoms with Gasteiger partial charge in [-0.15, -0.1) is 0 Å². The Morgan fingerprint density at radius 3 is 2.75 bits per heavy atom. The van der Waals surface area contributed by atoms with Crippen LogP contribution in [0.25, 0.3) is 0 Å². The van der Waals surface area contributed by atoms with Crippen molar-refractivity contribution in [3.8, 4) is 0 Å². The Balaban J connectivity index is 2.00. The molecule has 112 valence electrons. The molecule has 0 aromatic heterocycles. The average molecular weight is 300 g/mol. The molecule has 0 saturated carbocycles. The Bertz CT molecular complexity index is 542. The molecule has 0 radical (unpaired) electrons. The monoisotopic (exact) mass is 300 g/mol. The second kappa shape index (κ2) is 6.54. The highest BCUT2D eigenvalue weighted by Crippen LogP contribution is 2.21. The Morgan fingerprint density at radius 1 is 1.35 bits per heavy atom. The number of rotatable bonds is 5.